The fraction of sp³-hybridized carbons (Fsp3) is 0.348. The van der Waals surface area contributed by atoms with Crippen molar-refractivity contribution in [1.29, 1.82) is 0 Å². The van der Waals surface area contributed by atoms with E-state index in [1.807, 2.05) is 24.3 Å². The van der Waals surface area contributed by atoms with Gasteiger partial charge in [0.1, 0.15) is 11.5 Å². The highest BCUT2D eigenvalue weighted by atomic mass is 16.5. The van der Waals surface area contributed by atoms with E-state index in [2.05, 4.69) is 37.9 Å². The number of aromatic hydroxyl groups is 1. The van der Waals surface area contributed by atoms with E-state index in [1.165, 1.54) is 17.2 Å². The lowest BCUT2D eigenvalue weighted by atomic mass is 9.74. The highest BCUT2D eigenvalue weighted by Gasteiger charge is 2.26. The molecule has 0 aliphatic heterocycles. The summed E-state index contributed by atoms with van der Waals surface area (Å²) in [6.07, 6.45) is 3.97. The number of amides is 1. The first-order valence-corrected chi connectivity index (χ1v) is 9.42. The van der Waals surface area contributed by atoms with Crippen LogP contribution in [0.25, 0.3) is 0 Å². The van der Waals surface area contributed by atoms with Crippen molar-refractivity contribution >= 4 is 5.91 Å². The fourth-order valence-corrected chi connectivity index (χ4v) is 3.02. The first kappa shape index (κ1) is 20.6. The highest BCUT2D eigenvalue weighted by molar-refractivity contribution is 5.86. The molecule has 0 radical (unpaired) electrons. The van der Waals surface area contributed by atoms with Gasteiger partial charge in [-0.05, 0) is 60.7 Å². The van der Waals surface area contributed by atoms with Gasteiger partial charge in [-0.2, -0.15) is 0 Å². The van der Waals surface area contributed by atoms with Gasteiger partial charge < -0.3 is 15.2 Å². The smallest absolute Gasteiger partial charge is 0.243 e. The molecule has 0 fully saturated rings. The van der Waals surface area contributed by atoms with E-state index in [-0.39, 0.29) is 17.1 Å². The maximum absolute atomic E-state index is 11.0. The summed E-state index contributed by atoms with van der Waals surface area (Å²) >= 11 is 0. The lowest BCUT2D eigenvalue weighted by Crippen LogP contribution is -2.22. The predicted molar refractivity (Wildman–Crippen MR) is 109 cm³/mol. The Morgan fingerprint density at radius 2 is 1.70 bits per heavy atom. The van der Waals surface area contributed by atoms with E-state index < -0.39 is 0 Å². The third-order valence-electron chi connectivity index (χ3n) is 5.03. The molecule has 144 valence electrons. The van der Waals surface area contributed by atoms with Gasteiger partial charge in [0.2, 0.25) is 5.91 Å². The van der Waals surface area contributed by atoms with Crippen molar-refractivity contribution in [2.24, 2.45) is 0 Å². The Labute approximate surface area is 161 Å². The molecule has 1 atom stereocenters. The normalized spacial score (nSPS) is 12.8. The highest BCUT2D eigenvalue weighted by Crippen LogP contribution is 2.36. The summed E-state index contributed by atoms with van der Waals surface area (Å²) in [6.45, 7) is 9.06. The molecule has 0 aliphatic rings. The second kappa shape index (κ2) is 9.81. The number of carbonyl (C=O) groups excluding carboxylic acids is 1. The molecule has 0 heterocycles. The first-order chi connectivity index (χ1) is 13.0. The summed E-state index contributed by atoms with van der Waals surface area (Å²) in [6, 6.07) is 15.7. The standard InChI is InChI=1S/C23H29NO3/c1-4-22(26)24-16-6-7-17-27-21-14-10-19(11-15-21)23(3,5-2)18-8-12-20(25)13-9-18/h4,8-15,25H,1,5-7,16-17H2,2-3H3,(H,24,26). The van der Waals surface area contributed by atoms with E-state index >= 15 is 0 Å². The molecule has 0 aliphatic carbocycles. The minimum atomic E-state index is -0.140. The summed E-state index contributed by atoms with van der Waals surface area (Å²) in [4.78, 5) is 11.0. The number of unbranched alkanes of at least 4 members (excludes halogenated alkanes) is 1. The SMILES string of the molecule is C=CC(=O)NCCCCOc1ccc(C(C)(CC)c2ccc(O)cc2)cc1. The third kappa shape index (κ3) is 5.61. The van der Waals surface area contributed by atoms with Crippen LogP contribution in [-0.4, -0.2) is 24.2 Å². The van der Waals surface area contributed by atoms with Crippen LogP contribution in [0.1, 0.15) is 44.2 Å². The molecule has 0 saturated carbocycles. The fourth-order valence-electron chi connectivity index (χ4n) is 3.02. The van der Waals surface area contributed by atoms with Crippen LogP contribution in [0, 0.1) is 0 Å². The van der Waals surface area contributed by atoms with Gasteiger partial charge in [-0.1, -0.05) is 44.7 Å². The van der Waals surface area contributed by atoms with Gasteiger partial charge in [0.15, 0.2) is 0 Å². The van der Waals surface area contributed by atoms with Crippen LogP contribution < -0.4 is 10.1 Å². The Morgan fingerprint density at radius 3 is 2.26 bits per heavy atom. The third-order valence-corrected chi connectivity index (χ3v) is 5.03. The number of nitrogens with one attached hydrogen (secondary N) is 1. The van der Waals surface area contributed by atoms with Crippen LogP contribution in [0.5, 0.6) is 11.5 Å². The van der Waals surface area contributed by atoms with Crippen LogP contribution in [0.3, 0.4) is 0 Å². The molecule has 27 heavy (non-hydrogen) atoms. The summed E-state index contributed by atoms with van der Waals surface area (Å²) < 4.78 is 5.80. The lowest BCUT2D eigenvalue weighted by Gasteiger charge is -2.30. The molecule has 0 aromatic heterocycles. The molecule has 4 heteroatoms. The molecule has 0 spiro atoms. The van der Waals surface area contributed by atoms with Gasteiger partial charge in [0, 0.05) is 12.0 Å². The number of phenols is 1. The van der Waals surface area contributed by atoms with Gasteiger partial charge in [-0.15, -0.1) is 0 Å². The zero-order valence-corrected chi connectivity index (χ0v) is 16.2. The van der Waals surface area contributed by atoms with Gasteiger partial charge in [0.25, 0.3) is 0 Å². The summed E-state index contributed by atoms with van der Waals surface area (Å²) in [5.74, 6) is 0.988. The Balaban J connectivity index is 1.90. The van der Waals surface area contributed by atoms with Crippen molar-refractivity contribution in [3.63, 3.8) is 0 Å². The van der Waals surface area contributed by atoms with Crippen LogP contribution >= 0.6 is 0 Å². The van der Waals surface area contributed by atoms with Crippen LogP contribution in [0.15, 0.2) is 61.2 Å². The Hall–Kier alpha value is -2.75. The summed E-state index contributed by atoms with van der Waals surface area (Å²) in [5, 5.41) is 12.3. The molecular formula is C23H29NO3. The molecule has 1 amide bonds. The average molecular weight is 367 g/mol. The largest absolute Gasteiger partial charge is 0.508 e. The molecule has 2 N–H and O–H groups in total. The minimum Gasteiger partial charge on any atom is -0.508 e. The molecule has 0 bridgehead atoms. The van der Waals surface area contributed by atoms with Crippen molar-refractivity contribution in [2.45, 2.75) is 38.5 Å². The number of hydrogen-bond acceptors (Lipinski definition) is 3. The summed E-state index contributed by atoms with van der Waals surface area (Å²) in [7, 11) is 0. The zero-order chi connectivity index (χ0) is 19.7. The summed E-state index contributed by atoms with van der Waals surface area (Å²) in [5.41, 5.74) is 2.28. The van der Waals surface area contributed by atoms with Crippen molar-refractivity contribution in [2.75, 3.05) is 13.2 Å². The number of benzene rings is 2. The molecule has 2 aromatic carbocycles. The predicted octanol–water partition coefficient (Wildman–Crippen LogP) is 4.57. The first-order valence-electron chi connectivity index (χ1n) is 9.42. The number of hydrogen-bond donors (Lipinski definition) is 2. The molecule has 1 unspecified atom stereocenters. The van der Waals surface area contributed by atoms with E-state index in [0.29, 0.717) is 13.2 Å². The number of phenolic OH excluding ortho intramolecular Hbond substituents is 1. The van der Waals surface area contributed by atoms with Gasteiger partial charge >= 0.3 is 0 Å². The lowest BCUT2D eigenvalue weighted by molar-refractivity contribution is -0.116. The number of carbonyl (C=O) groups is 1. The van der Waals surface area contributed by atoms with Gasteiger partial charge in [-0.25, -0.2) is 0 Å². The van der Waals surface area contributed by atoms with Crippen molar-refractivity contribution < 1.29 is 14.6 Å². The molecule has 2 rings (SSSR count). The van der Waals surface area contributed by atoms with Crippen LogP contribution in [0.4, 0.5) is 0 Å². The van der Waals surface area contributed by atoms with Crippen molar-refractivity contribution in [3.8, 4) is 11.5 Å². The van der Waals surface area contributed by atoms with Crippen molar-refractivity contribution in [1.82, 2.24) is 5.32 Å². The van der Waals surface area contributed by atoms with Gasteiger partial charge in [0.05, 0.1) is 6.61 Å². The second-order valence-electron chi connectivity index (χ2n) is 6.81. The maximum Gasteiger partial charge on any atom is 0.243 e. The van der Waals surface area contributed by atoms with E-state index in [9.17, 15) is 9.90 Å². The van der Waals surface area contributed by atoms with Gasteiger partial charge in [-0.3, -0.25) is 4.79 Å². The molecular weight excluding hydrogens is 338 g/mol. The average Bonchev–Trinajstić information content (AvgIpc) is 2.70. The Kier molecular flexibility index (Phi) is 7.47. The molecule has 4 nitrogen and oxygen atoms in total. The minimum absolute atomic E-state index is 0.115. The topological polar surface area (TPSA) is 58.6 Å². The second-order valence-corrected chi connectivity index (χ2v) is 6.81. The quantitative estimate of drug-likeness (QED) is 0.478. The Bertz CT molecular complexity index is 737. The van der Waals surface area contributed by atoms with E-state index in [4.69, 9.17) is 4.74 Å². The molecule has 0 saturated heterocycles. The number of ether oxygens (including phenoxy) is 1. The van der Waals surface area contributed by atoms with E-state index in [0.717, 1.165) is 25.0 Å². The molecule has 2 aromatic rings. The van der Waals surface area contributed by atoms with E-state index in [1.54, 1.807) is 12.1 Å². The van der Waals surface area contributed by atoms with Crippen molar-refractivity contribution in [3.05, 3.63) is 72.3 Å². The van der Waals surface area contributed by atoms with Crippen LogP contribution in [0.2, 0.25) is 0 Å². The zero-order valence-electron chi connectivity index (χ0n) is 16.2. The monoisotopic (exact) mass is 367 g/mol. The maximum atomic E-state index is 11.0. The van der Waals surface area contributed by atoms with Crippen LogP contribution in [-0.2, 0) is 10.2 Å². The number of rotatable bonds is 10. The Morgan fingerprint density at radius 1 is 1.11 bits per heavy atom.